The largest absolute Gasteiger partial charge is 0.494 e. The van der Waals surface area contributed by atoms with Gasteiger partial charge in [0.2, 0.25) is 0 Å². The van der Waals surface area contributed by atoms with Crippen molar-refractivity contribution in [1.82, 2.24) is 5.06 Å². The fourth-order valence-corrected chi connectivity index (χ4v) is 2.03. The number of hydrogen-bond acceptors (Lipinski definition) is 4. The van der Waals surface area contributed by atoms with Crippen LogP contribution in [0.15, 0.2) is 24.3 Å². The summed E-state index contributed by atoms with van der Waals surface area (Å²) in [5.41, 5.74) is 0.704. The monoisotopic (exact) mass is 291 g/mol. The van der Waals surface area contributed by atoms with Crippen LogP contribution in [0.2, 0.25) is 0 Å². The third-order valence-electron chi connectivity index (χ3n) is 4.24. The van der Waals surface area contributed by atoms with Crippen molar-refractivity contribution in [2.45, 2.75) is 38.9 Å². The van der Waals surface area contributed by atoms with Gasteiger partial charge in [0.05, 0.1) is 18.3 Å². The van der Waals surface area contributed by atoms with E-state index < -0.39 is 7.12 Å². The summed E-state index contributed by atoms with van der Waals surface area (Å²) in [5, 5.41) is 1.18. The first-order valence-electron chi connectivity index (χ1n) is 6.96. The molecule has 1 saturated heterocycles. The van der Waals surface area contributed by atoms with Crippen LogP contribution in [0.3, 0.4) is 0 Å². The molecule has 0 spiro atoms. The van der Waals surface area contributed by atoms with Crippen molar-refractivity contribution in [2.75, 3.05) is 14.2 Å². The average molecular weight is 291 g/mol. The predicted molar refractivity (Wildman–Crippen MR) is 81.3 cm³/mol. The summed E-state index contributed by atoms with van der Waals surface area (Å²) < 4.78 is 12.0. The van der Waals surface area contributed by atoms with Crippen molar-refractivity contribution >= 4 is 18.5 Å². The molecular weight excluding hydrogens is 269 g/mol. The van der Waals surface area contributed by atoms with Crippen LogP contribution in [-0.4, -0.2) is 43.4 Å². The molecule has 114 valence electrons. The van der Waals surface area contributed by atoms with Gasteiger partial charge in [-0.1, -0.05) is 12.1 Å². The third kappa shape index (κ3) is 2.97. The Balaban J connectivity index is 2.16. The maximum atomic E-state index is 12.0. The molecule has 1 aromatic rings. The van der Waals surface area contributed by atoms with E-state index in [9.17, 15) is 4.79 Å². The smallest absolute Gasteiger partial charge is 0.399 e. The molecule has 0 N–H and O–H groups in total. The average Bonchev–Trinajstić information content (AvgIpc) is 2.66. The minimum atomic E-state index is -0.417. The van der Waals surface area contributed by atoms with Crippen LogP contribution < -0.4 is 5.46 Å². The Morgan fingerprint density at radius 2 is 1.57 bits per heavy atom. The van der Waals surface area contributed by atoms with Crippen molar-refractivity contribution in [2.24, 2.45) is 0 Å². The zero-order valence-corrected chi connectivity index (χ0v) is 13.5. The van der Waals surface area contributed by atoms with E-state index in [1.54, 1.807) is 19.2 Å². The summed E-state index contributed by atoms with van der Waals surface area (Å²) in [6.45, 7) is 8.05. The van der Waals surface area contributed by atoms with Crippen molar-refractivity contribution in [3.05, 3.63) is 29.8 Å². The molecule has 0 unspecified atom stereocenters. The maximum absolute atomic E-state index is 12.0. The van der Waals surface area contributed by atoms with Crippen molar-refractivity contribution in [3.63, 3.8) is 0 Å². The molecule has 1 amide bonds. The molecule has 21 heavy (non-hydrogen) atoms. The highest BCUT2D eigenvalue weighted by atomic mass is 16.7. The van der Waals surface area contributed by atoms with E-state index >= 15 is 0 Å². The van der Waals surface area contributed by atoms with Crippen LogP contribution in [0.25, 0.3) is 0 Å². The number of rotatable bonds is 3. The van der Waals surface area contributed by atoms with Crippen LogP contribution >= 0.6 is 0 Å². The first-order valence-corrected chi connectivity index (χ1v) is 6.96. The van der Waals surface area contributed by atoms with Gasteiger partial charge in [-0.05, 0) is 45.3 Å². The number of hydroxylamine groups is 2. The van der Waals surface area contributed by atoms with E-state index in [0.717, 1.165) is 5.46 Å². The zero-order valence-electron chi connectivity index (χ0n) is 13.5. The second-order valence-electron chi connectivity index (χ2n) is 6.20. The van der Waals surface area contributed by atoms with Gasteiger partial charge in [-0.2, -0.15) is 0 Å². The van der Waals surface area contributed by atoms with Crippen LogP contribution in [0.1, 0.15) is 38.1 Å². The molecule has 1 aliphatic heterocycles. The number of benzene rings is 1. The van der Waals surface area contributed by atoms with E-state index in [0.29, 0.717) is 5.56 Å². The summed E-state index contributed by atoms with van der Waals surface area (Å²) in [6.07, 6.45) is 0. The SMILES string of the molecule is CON(C)C(=O)c1ccc(B2OC(C)(C)C(C)(C)O2)cc1. The first kappa shape index (κ1) is 16.0. The Morgan fingerprint density at radius 3 is 2.00 bits per heavy atom. The molecule has 5 nitrogen and oxygen atoms in total. The molecule has 0 aromatic heterocycles. The van der Waals surface area contributed by atoms with Crippen LogP contribution in [0.4, 0.5) is 0 Å². The number of nitrogens with zero attached hydrogens (tertiary/aromatic N) is 1. The van der Waals surface area contributed by atoms with Gasteiger partial charge in [-0.3, -0.25) is 9.63 Å². The van der Waals surface area contributed by atoms with Gasteiger partial charge in [0.15, 0.2) is 0 Å². The van der Waals surface area contributed by atoms with Gasteiger partial charge in [0, 0.05) is 12.6 Å². The highest BCUT2D eigenvalue weighted by molar-refractivity contribution is 6.62. The second-order valence-corrected chi connectivity index (χ2v) is 6.20. The second kappa shape index (κ2) is 5.44. The van der Waals surface area contributed by atoms with Crippen LogP contribution in [0, 0.1) is 0 Å². The summed E-state index contributed by atoms with van der Waals surface area (Å²) in [5.74, 6) is -0.196. The molecule has 0 saturated carbocycles. The first-order chi connectivity index (χ1) is 9.68. The number of carbonyl (C=O) groups is 1. The number of amides is 1. The van der Waals surface area contributed by atoms with E-state index in [1.807, 2.05) is 39.8 Å². The molecular formula is C15H22BNO4. The maximum Gasteiger partial charge on any atom is 0.494 e. The minimum Gasteiger partial charge on any atom is -0.399 e. The summed E-state index contributed by atoms with van der Waals surface area (Å²) >= 11 is 0. The molecule has 6 heteroatoms. The summed E-state index contributed by atoms with van der Waals surface area (Å²) in [6, 6.07) is 7.19. The van der Waals surface area contributed by atoms with Crippen LogP contribution in [0.5, 0.6) is 0 Å². The normalized spacial score (nSPS) is 19.6. The lowest BCUT2D eigenvalue weighted by atomic mass is 9.79. The van der Waals surface area contributed by atoms with Gasteiger partial charge < -0.3 is 9.31 Å². The van der Waals surface area contributed by atoms with E-state index in [2.05, 4.69) is 0 Å². The molecule has 1 fully saturated rings. The summed E-state index contributed by atoms with van der Waals surface area (Å²) in [4.78, 5) is 16.8. The molecule has 1 aromatic carbocycles. The minimum absolute atomic E-state index is 0.196. The molecule has 0 radical (unpaired) electrons. The Labute approximate surface area is 126 Å². The number of hydrogen-bond donors (Lipinski definition) is 0. The molecule has 0 aliphatic carbocycles. The topological polar surface area (TPSA) is 48.0 Å². The Hall–Kier alpha value is -1.37. The molecule has 0 bridgehead atoms. The lowest BCUT2D eigenvalue weighted by molar-refractivity contribution is -0.0756. The van der Waals surface area contributed by atoms with Crippen molar-refractivity contribution < 1.29 is 18.9 Å². The lowest BCUT2D eigenvalue weighted by Gasteiger charge is -2.32. The van der Waals surface area contributed by atoms with Gasteiger partial charge >= 0.3 is 7.12 Å². The quantitative estimate of drug-likeness (QED) is 0.627. The molecule has 2 rings (SSSR count). The van der Waals surface area contributed by atoms with E-state index in [4.69, 9.17) is 14.1 Å². The van der Waals surface area contributed by atoms with Crippen LogP contribution in [-0.2, 0) is 14.1 Å². The zero-order chi connectivity index (χ0) is 15.8. The highest BCUT2D eigenvalue weighted by Crippen LogP contribution is 2.36. The van der Waals surface area contributed by atoms with Crippen molar-refractivity contribution in [1.29, 1.82) is 0 Å². The van der Waals surface area contributed by atoms with E-state index in [1.165, 1.54) is 12.2 Å². The van der Waals surface area contributed by atoms with Gasteiger partial charge in [0.1, 0.15) is 0 Å². The fraction of sp³-hybridized carbons (Fsp3) is 0.533. The standard InChI is InChI=1S/C15H22BNO4/c1-14(2)15(3,4)21-16(20-14)12-9-7-11(8-10-12)13(18)17(5)19-6/h7-10H,1-6H3. The predicted octanol–water partition coefficient (Wildman–Crippen LogP) is 1.62. The van der Waals surface area contributed by atoms with Gasteiger partial charge in [0.25, 0.3) is 5.91 Å². The Kier molecular flexibility index (Phi) is 4.15. The van der Waals surface area contributed by atoms with Crippen molar-refractivity contribution in [3.8, 4) is 0 Å². The molecule has 1 aliphatic rings. The van der Waals surface area contributed by atoms with Gasteiger partial charge in [-0.25, -0.2) is 5.06 Å². The van der Waals surface area contributed by atoms with Gasteiger partial charge in [-0.15, -0.1) is 0 Å². The fourth-order valence-electron chi connectivity index (χ4n) is 2.03. The highest BCUT2D eigenvalue weighted by Gasteiger charge is 2.51. The Morgan fingerprint density at radius 1 is 1.10 bits per heavy atom. The lowest BCUT2D eigenvalue weighted by Crippen LogP contribution is -2.41. The summed E-state index contributed by atoms with van der Waals surface area (Å²) in [7, 11) is 2.61. The third-order valence-corrected chi connectivity index (χ3v) is 4.24. The Bertz CT molecular complexity index is 511. The van der Waals surface area contributed by atoms with E-state index in [-0.39, 0.29) is 17.1 Å². The molecule has 1 heterocycles. The number of carbonyl (C=O) groups excluding carboxylic acids is 1. The molecule has 0 atom stereocenters.